The first-order chi connectivity index (χ1) is 7.71. The van der Waals surface area contributed by atoms with Crippen LogP contribution in [-0.2, 0) is 14.8 Å². The second-order valence-electron chi connectivity index (χ2n) is 3.24. The summed E-state index contributed by atoms with van der Waals surface area (Å²) < 4.78 is 22.1. The summed E-state index contributed by atoms with van der Waals surface area (Å²) in [7, 11) is -3.95. The number of carbonyl (C=O) groups excluding carboxylic acids is 1. The molecule has 0 heterocycles. The van der Waals surface area contributed by atoms with Gasteiger partial charge >= 0.3 is 5.97 Å². The highest BCUT2D eigenvalue weighted by atomic mass is 32.2. The summed E-state index contributed by atoms with van der Waals surface area (Å²) in [6, 6.07) is 3.12. The molecule has 1 aromatic carbocycles. The fourth-order valence-electron chi connectivity index (χ4n) is 1.18. The molecule has 0 bridgehead atoms. The zero-order chi connectivity index (χ0) is 13.2. The third kappa shape index (κ3) is 3.26. The number of nitrogens with two attached hydrogens (primary N) is 1. The van der Waals surface area contributed by atoms with Crippen LogP contribution in [0.15, 0.2) is 23.1 Å². The van der Waals surface area contributed by atoms with Gasteiger partial charge in [0.1, 0.15) is 0 Å². The summed E-state index contributed by atoms with van der Waals surface area (Å²) in [6.07, 6.45) is 0. The first kappa shape index (κ1) is 13.1. The van der Waals surface area contributed by atoms with E-state index < -0.39 is 21.9 Å². The number of primary sulfonamides is 1. The average molecular weight is 258 g/mol. The Morgan fingerprint density at radius 1 is 1.35 bits per heavy atom. The number of hydrogen-bond donors (Lipinski definition) is 3. The normalized spacial score (nSPS) is 10.9. The molecule has 0 aliphatic heterocycles. The summed E-state index contributed by atoms with van der Waals surface area (Å²) in [6.45, 7) is 1.18. The van der Waals surface area contributed by atoms with Gasteiger partial charge in [-0.3, -0.25) is 4.79 Å². The molecule has 4 N–H and O–H groups in total. The van der Waals surface area contributed by atoms with E-state index in [0.29, 0.717) is 0 Å². The maximum Gasteiger partial charge on any atom is 0.337 e. The Kier molecular flexibility index (Phi) is 3.49. The molecule has 0 fully saturated rings. The number of hydrogen-bond acceptors (Lipinski definition) is 4. The summed E-state index contributed by atoms with van der Waals surface area (Å²) in [4.78, 5) is 21.4. The summed E-state index contributed by atoms with van der Waals surface area (Å²) in [5.41, 5.74) is -0.330. The lowest BCUT2D eigenvalue weighted by Crippen LogP contribution is -2.15. The molecule has 0 saturated carbocycles. The first-order valence-corrected chi connectivity index (χ1v) is 5.94. The van der Waals surface area contributed by atoms with Crippen LogP contribution >= 0.6 is 0 Å². The second kappa shape index (κ2) is 4.52. The van der Waals surface area contributed by atoms with Crippen LogP contribution in [0.1, 0.15) is 17.3 Å². The Hall–Kier alpha value is -1.93. The van der Waals surface area contributed by atoms with Crippen molar-refractivity contribution in [3.63, 3.8) is 0 Å². The lowest BCUT2D eigenvalue weighted by atomic mass is 10.2. The van der Waals surface area contributed by atoms with Crippen LogP contribution < -0.4 is 10.5 Å². The van der Waals surface area contributed by atoms with E-state index in [4.69, 9.17) is 10.2 Å². The van der Waals surface area contributed by atoms with Crippen molar-refractivity contribution in [1.82, 2.24) is 0 Å². The van der Waals surface area contributed by atoms with Gasteiger partial charge in [0.2, 0.25) is 15.9 Å². The van der Waals surface area contributed by atoms with E-state index in [1.54, 1.807) is 0 Å². The number of carboxylic acid groups (broad SMARTS) is 1. The predicted octanol–water partition coefficient (Wildman–Crippen LogP) is -0.00940. The molecule has 0 unspecified atom stereocenters. The molecule has 1 rings (SSSR count). The number of sulfonamides is 1. The van der Waals surface area contributed by atoms with Crippen LogP contribution in [-0.4, -0.2) is 25.4 Å². The Labute approximate surface area is 97.3 Å². The molecule has 0 radical (unpaired) electrons. The molecular formula is C9H10N2O5S. The number of amides is 1. The third-order valence-corrected chi connectivity index (χ3v) is 2.77. The largest absolute Gasteiger partial charge is 0.478 e. The fourth-order valence-corrected chi connectivity index (χ4v) is 1.72. The highest BCUT2D eigenvalue weighted by Gasteiger charge is 2.15. The van der Waals surface area contributed by atoms with Crippen LogP contribution in [0, 0.1) is 0 Å². The third-order valence-electron chi connectivity index (χ3n) is 1.86. The van der Waals surface area contributed by atoms with Crippen molar-refractivity contribution in [3.8, 4) is 0 Å². The zero-order valence-corrected chi connectivity index (χ0v) is 9.61. The number of rotatable bonds is 3. The molecule has 1 amide bonds. The number of nitrogens with one attached hydrogen (secondary N) is 1. The summed E-state index contributed by atoms with van der Waals surface area (Å²) in [5, 5.41) is 16.0. The van der Waals surface area contributed by atoms with Gasteiger partial charge in [0, 0.05) is 6.92 Å². The predicted molar refractivity (Wildman–Crippen MR) is 59.1 cm³/mol. The fraction of sp³-hybridized carbons (Fsp3) is 0.111. The molecule has 0 aliphatic rings. The quantitative estimate of drug-likeness (QED) is 0.702. The van der Waals surface area contributed by atoms with Crippen LogP contribution in [0.2, 0.25) is 0 Å². The monoisotopic (exact) mass is 258 g/mol. The van der Waals surface area contributed by atoms with Gasteiger partial charge < -0.3 is 10.4 Å². The van der Waals surface area contributed by atoms with Gasteiger partial charge in [-0.05, 0) is 18.2 Å². The van der Waals surface area contributed by atoms with Gasteiger partial charge in [-0.2, -0.15) is 0 Å². The molecular weight excluding hydrogens is 248 g/mol. The van der Waals surface area contributed by atoms with Crippen molar-refractivity contribution in [2.75, 3.05) is 5.32 Å². The maximum atomic E-state index is 11.1. The average Bonchev–Trinajstić information content (AvgIpc) is 2.14. The van der Waals surface area contributed by atoms with Crippen molar-refractivity contribution < 1.29 is 23.1 Å². The SMILES string of the molecule is CC(=O)Nc1cc(S(N)(=O)=O)ccc1C(=O)O. The Bertz CT molecular complexity index is 579. The zero-order valence-electron chi connectivity index (χ0n) is 8.80. The van der Waals surface area contributed by atoms with Crippen LogP contribution in [0.25, 0.3) is 0 Å². The molecule has 8 heteroatoms. The van der Waals surface area contributed by atoms with Crippen LogP contribution in [0.5, 0.6) is 0 Å². The Morgan fingerprint density at radius 3 is 2.35 bits per heavy atom. The molecule has 0 atom stereocenters. The molecule has 0 aliphatic carbocycles. The number of carboxylic acids is 1. The van der Waals surface area contributed by atoms with E-state index in [0.717, 1.165) is 18.2 Å². The van der Waals surface area contributed by atoms with Crippen molar-refractivity contribution in [2.45, 2.75) is 11.8 Å². The molecule has 7 nitrogen and oxygen atoms in total. The van der Waals surface area contributed by atoms with Gasteiger partial charge in [-0.1, -0.05) is 0 Å². The highest BCUT2D eigenvalue weighted by molar-refractivity contribution is 7.89. The van der Waals surface area contributed by atoms with Crippen molar-refractivity contribution >= 4 is 27.6 Å². The summed E-state index contributed by atoms with van der Waals surface area (Å²) >= 11 is 0. The second-order valence-corrected chi connectivity index (χ2v) is 4.80. The van der Waals surface area contributed by atoms with Crippen molar-refractivity contribution in [1.29, 1.82) is 0 Å². The van der Waals surface area contributed by atoms with E-state index >= 15 is 0 Å². The van der Waals surface area contributed by atoms with E-state index in [-0.39, 0.29) is 16.1 Å². The lowest BCUT2D eigenvalue weighted by molar-refractivity contribution is -0.114. The van der Waals surface area contributed by atoms with Gasteiger partial charge in [0.05, 0.1) is 16.1 Å². The number of aromatic carboxylic acids is 1. The van der Waals surface area contributed by atoms with Crippen LogP contribution in [0.3, 0.4) is 0 Å². The molecule has 17 heavy (non-hydrogen) atoms. The molecule has 0 aromatic heterocycles. The molecule has 0 saturated heterocycles. The Balaban J connectivity index is 3.39. The molecule has 0 spiro atoms. The standard InChI is InChI=1S/C9H10N2O5S/c1-5(12)11-8-4-6(17(10,15)16)2-3-7(8)9(13)14/h2-4H,1H3,(H,11,12)(H,13,14)(H2,10,15,16). The lowest BCUT2D eigenvalue weighted by Gasteiger charge is -2.08. The minimum Gasteiger partial charge on any atom is -0.478 e. The topological polar surface area (TPSA) is 127 Å². The van der Waals surface area contributed by atoms with E-state index in [1.807, 2.05) is 0 Å². The van der Waals surface area contributed by atoms with E-state index in [1.165, 1.54) is 6.92 Å². The smallest absolute Gasteiger partial charge is 0.337 e. The summed E-state index contributed by atoms with van der Waals surface area (Å²) in [5.74, 6) is -1.80. The van der Waals surface area contributed by atoms with E-state index in [2.05, 4.69) is 5.32 Å². The van der Waals surface area contributed by atoms with Crippen molar-refractivity contribution in [3.05, 3.63) is 23.8 Å². The first-order valence-electron chi connectivity index (χ1n) is 4.39. The minimum atomic E-state index is -3.95. The van der Waals surface area contributed by atoms with Crippen molar-refractivity contribution in [2.24, 2.45) is 5.14 Å². The number of carbonyl (C=O) groups is 2. The highest BCUT2D eigenvalue weighted by Crippen LogP contribution is 2.20. The van der Waals surface area contributed by atoms with Gasteiger partial charge in [-0.25, -0.2) is 18.4 Å². The number of benzene rings is 1. The van der Waals surface area contributed by atoms with Gasteiger partial charge in [0.25, 0.3) is 0 Å². The molecule has 92 valence electrons. The Morgan fingerprint density at radius 2 is 1.94 bits per heavy atom. The van der Waals surface area contributed by atoms with Gasteiger partial charge in [0.15, 0.2) is 0 Å². The number of anilines is 1. The van der Waals surface area contributed by atoms with Crippen LogP contribution in [0.4, 0.5) is 5.69 Å². The molecule has 1 aromatic rings. The van der Waals surface area contributed by atoms with E-state index in [9.17, 15) is 18.0 Å². The maximum absolute atomic E-state index is 11.1. The minimum absolute atomic E-state index is 0.114. The van der Waals surface area contributed by atoms with Gasteiger partial charge in [-0.15, -0.1) is 0 Å².